The molecule has 0 aliphatic heterocycles. The number of anilines is 2. The zero-order chi connectivity index (χ0) is 28.0. The molecule has 0 heterocycles. The first-order chi connectivity index (χ1) is 18.7. The van der Waals surface area contributed by atoms with Crippen LogP contribution < -0.4 is 9.62 Å². The van der Waals surface area contributed by atoms with E-state index in [1.807, 2.05) is 6.07 Å². The van der Waals surface area contributed by atoms with Crippen LogP contribution >= 0.6 is 11.6 Å². The van der Waals surface area contributed by atoms with E-state index >= 15 is 4.39 Å². The lowest BCUT2D eigenvalue weighted by Gasteiger charge is -2.32. The Bertz CT molecular complexity index is 1550. The first kappa shape index (κ1) is 28.1. The Morgan fingerprint density at radius 1 is 0.949 bits per heavy atom. The summed E-state index contributed by atoms with van der Waals surface area (Å²) < 4.78 is 63.1. The lowest BCUT2D eigenvalue weighted by atomic mass is 9.99. The van der Waals surface area contributed by atoms with Crippen LogP contribution in [-0.2, 0) is 21.2 Å². The van der Waals surface area contributed by atoms with Gasteiger partial charge in [-0.3, -0.25) is 9.62 Å². The normalized spacial score (nSPS) is 12.0. The quantitative estimate of drug-likeness (QED) is 0.228. The number of ether oxygens (including phenoxy) is 1. The summed E-state index contributed by atoms with van der Waals surface area (Å²) in [4.78, 5) is 12.1. The summed E-state index contributed by atoms with van der Waals surface area (Å²) in [5.41, 5.74) is 1.35. The SMILES string of the molecule is C[C@H](c1ccccc1CCOC(=O)Nc1ccccc1)N(c1cc(F)ccc1F)S(=O)(=O)c1ccc(Cl)cc1. The second-order valence-electron chi connectivity index (χ2n) is 8.60. The number of halogens is 3. The molecule has 1 N–H and O–H groups in total. The van der Waals surface area contributed by atoms with Crippen molar-refractivity contribution in [3.63, 3.8) is 0 Å². The van der Waals surface area contributed by atoms with Crippen molar-refractivity contribution in [3.8, 4) is 0 Å². The van der Waals surface area contributed by atoms with Crippen molar-refractivity contribution >= 4 is 39.1 Å². The summed E-state index contributed by atoms with van der Waals surface area (Å²) >= 11 is 5.94. The van der Waals surface area contributed by atoms with Gasteiger partial charge in [-0.05, 0) is 66.6 Å². The van der Waals surface area contributed by atoms with Crippen molar-refractivity contribution in [2.24, 2.45) is 0 Å². The van der Waals surface area contributed by atoms with Crippen molar-refractivity contribution in [1.82, 2.24) is 0 Å². The molecule has 0 bridgehead atoms. The van der Waals surface area contributed by atoms with Crippen LogP contribution in [0.2, 0.25) is 5.02 Å². The van der Waals surface area contributed by atoms with Gasteiger partial charge in [-0.25, -0.2) is 22.0 Å². The zero-order valence-electron chi connectivity index (χ0n) is 20.9. The predicted octanol–water partition coefficient (Wildman–Crippen LogP) is 7.37. The van der Waals surface area contributed by atoms with Crippen LogP contribution in [0.5, 0.6) is 0 Å². The van der Waals surface area contributed by atoms with Crippen LogP contribution in [0.25, 0.3) is 0 Å². The summed E-state index contributed by atoms with van der Waals surface area (Å²) in [6.07, 6.45) is -0.385. The van der Waals surface area contributed by atoms with E-state index in [1.165, 1.54) is 24.3 Å². The largest absolute Gasteiger partial charge is 0.449 e. The molecule has 0 spiro atoms. The minimum atomic E-state index is -4.37. The Labute approximate surface area is 230 Å². The molecule has 10 heteroatoms. The molecule has 0 saturated carbocycles. The summed E-state index contributed by atoms with van der Waals surface area (Å²) in [5, 5.41) is 2.95. The Morgan fingerprint density at radius 2 is 1.62 bits per heavy atom. The summed E-state index contributed by atoms with van der Waals surface area (Å²) in [6.45, 7) is 1.58. The molecule has 4 aromatic carbocycles. The molecule has 0 saturated heterocycles. The van der Waals surface area contributed by atoms with Crippen molar-refractivity contribution in [2.45, 2.75) is 24.3 Å². The van der Waals surface area contributed by atoms with Crippen LogP contribution in [0.1, 0.15) is 24.1 Å². The first-order valence-electron chi connectivity index (χ1n) is 12.0. The molecule has 0 aliphatic rings. The van der Waals surface area contributed by atoms with Gasteiger partial charge in [-0.2, -0.15) is 0 Å². The van der Waals surface area contributed by atoms with E-state index in [-0.39, 0.29) is 17.9 Å². The Balaban J connectivity index is 1.64. The fraction of sp³-hybridized carbons (Fsp3) is 0.138. The van der Waals surface area contributed by atoms with Gasteiger partial charge in [0.15, 0.2) is 0 Å². The molecule has 1 atom stereocenters. The standard InChI is InChI=1S/C29H25ClF2N2O4S/c1-20(26-10-6-5-7-21(26)17-18-38-29(35)33-24-8-3-2-4-9-24)34(28-19-23(31)13-16-27(28)32)39(36,37)25-14-11-22(30)12-15-25/h2-16,19-20H,17-18H2,1H3,(H,33,35)/t20-/m1/s1. The number of carbonyl (C=O) groups excluding carboxylic acids is 1. The van der Waals surface area contributed by atoms with Crippen LogP contribution in [-0.4, -0.2) is 21.1 Å². The number of amides is 1. The van der Waals surface area contributed by atoms with Gasteiger partial charge in [0.25, 0.3) is 10.0 Å². The first-order valence-corrected chi connectivity index (χ1v) is 13.8. The van der Waals surface area contributed by atoms with E-state index in [0.717, 1.165) is 22.5 Å². The molecule has 0 fully saturated rings. The number of hydrogen-bond donors (Lipinski definition) is 1. The Kier molecular flexibility index (Phi) is 8.83. The van der Waals surface area contributed by atoms with Gasteiger partial charge < -0.3 is 4.74 Å². The summed E-state index contributed by atoms with van der Waals surface area (Å²) in [5.74, 6) is -1.69. The van der Waals surface area contributed by atoms with Crippen molar-refractivity contribution in [1.29, 1.82) is 0 Å². The predicted molar refractivity (Wildman–Crippen MR) is 147 cm³/mol. The Hall–Kier alpha value is -3.95. The average molecular weight is 571 g/mol. The molecular weight excluding hydrogens is 546 g/mol. The van der Waals surface area contributed by atoms with Crippen LogP contribution in [0.4, 0.5) is 25.0 Å². The van der Waals surface area contributed by atoms with E-state index in [9.17, 15) is 17.6 Å². The number of nitrogens with one attached hydrogen (secondary N) is 1. The highest BCUT2D eigenvalue weighted by molar-refractivity contribution is 7.92. The molecule has 0 aromatic heterocycles. The monoisotopic (exact) mass is 570 g/mol. The number of benzene rings is 4. The molecule has 202 valence electrons. The maximum atomic E-state index is 15.0. The van der Waals surface area contributed by atoms with Crippen molar-refractivity contribution < 1.29 is 26.7 Å². The third-order valence-corrected chi connectivity index (χ3v) is 8.15. The van der Waals surface area contributed by atoms with Gasteiger partial charge >= 0.3 is 6.09 Å². The molecule has 4 rings (SSSR count). The van der Waals surface area contributed by atoms with Crippen molar-refractivity contribution in [2.75, 3.05) is 16.2 Å². The Morgan fingerprint density at radius 3 is 2.33 bits per heavy atom. The molecule has 39 heavy (non-hydrogen) atoms. The van der Waals surface area contributed by atoms with Gasteiger partial charge in [0.1, 0.15) is 11.6 Å². The molecule has 1 amide bonds. The minimum Gasteiger partial charge on any atom is -0.449 e. The third-order valence-electron chi connectivity index (χ3n) is 6.00. The number of sulfonamides is 1. The molecule has 0 unspecified atom stereocenters. The second-order valence-corrected chi connectivity index (χ2v) is 10.9. The average Bonchev–Trinajstić information content (AvgIpc) is 2.91. The number of carbonyl (C=O) groups is 1. The number of hydrogen-bond acceptors (Lipinski definition) is 4. The number of nitrogens with zero attached hydrogens (tertiary/aromatic N) is 1. The van der Waals surface area contributed by atoms with E-state index < -0.39 is 39.5 Å². The van der Waals surface area contributed by atoms with E-state index in [2.05, 4.69) is 5.32 Å². The topological polar surface area (TPSA) is 75.7 Å². The van der Waals surface area contributed by atoms with Crippen molar-refractivity contribution in [3.05, 3.63) is 125 Å². The van der Waals surface area contributed by atoms with E-state index in [1.54, 1.807) is 55.5 Å². The maximum absolute atomic E-state index is 15.0. The lowest BCUT2D eigenvalue weighted by Crippen LogP contribution is -2.35. The van der Waals surface area contributed by atoms with Gasteiger partial charge in [0.05, 0.1) is 23.2 Å². The van der Waals surface area contributed by atoms with Gasteiger partial charge in [0, 0.05) is 23.2 Å². The van der Waals surface area contributed by atoms with E-state index in [0.29, 0.717) is 21.8 Å². The van der Waals surface area contributed by atoms with Gasteiger partial charge in [-0.1, -0.05) is 54.1 Å². The second kappa shape index (κ2) is 12.3. The van der Waals surface area contributed by atoms with E-state index in [4.69, 9.17) is 16.3 Å². The molecule has 4 aromatic rings. The zero-order valence-corrected chi connectivity index (χ0v) is 22.4. The third kappa shape index (κ3) is 6.74. The van der Waals surface area contributed by atoms with Gasteiger partial charge in [-0.15, -0.1) is 0 Å². The van der Waals surface area contributed by atoms with Crippen LogP contribution in [0.15, 0.2) is 102 Å². The van der Waals surface area contributed by atoms with Gasteiger partial charge in [0.2, 0.25) is 0 Å². The molecule has 6 nitrogen and oxygen atoms in total. The van der Waals surface area contributed by atoms with Crippen LogP contribution in [0.3, 0.4) is 0 Å². The van der Waals surface area contributed by atoms with Crippen LogP contribution in [0, 0.1) is 11.6 Å². The highest BCUT2D eigenvalue weighted by atomic mass is 35.5. The highest BCUT2D eigenvalue weighted by Gasteiger charge is 2.33. The lowest BCUT2D eigenvalue weighted by molar-refractivity contribution is 0.163. The fourth-order valence-corrected chi connectivity index (χ4v) is 5.91. The summed E-state index contributed by atoms with van der Waals surface area (Å²) in [7, 11) is -4.37. The smallest absolute Gasteiger partial charge is 0.411 e. The maximum Gasteiger partial charge on any atom is 0.411 e. The highest BCUT2D eigenvalue weighted by Crippen LogP contribution is 2.36. The minimum absolute atomic E-state index is 0.000656. The molecule has 0 radical (unpaired) electrons. The fourth-order valence-electron chi connectivity index (χ4n) is 4.15. The summed E-state index contributed by atoms with van der Waals surface area (Å²) in [6, 6.07) is 22.9. The molecule has 0 aliphatic carbocycles. The number of para-hydroxylation sites is 1. The number of rotatable bonds is 9. The molecular formula is C29H25ClF2N2O4S.